The largest absolute Gasteiger partial charge is 0.349 e. The fourth-order valence-corrected chi connectivity index (χ4v) is 1.18. The molecule has 0 radical (unpaired) electrons. The van der Waals surface area contributed by atoms with Gasteiger partial charge in [-0.05, 0) is 25.0 Å². The van der Waals surface area contributed by atoms with Crippen molar-refractivity contribution in [2.45, 2.75) is 18.9 Å². The molecule has 0 aromatic heterocycles. The summed E-state index contributed by atoms with van der Waals surface area (Å²) in [7, 11) is 0. The topological polar surface area (TPSA) is 29.1 Å². The van der Waals surface area contributed by atoms with E-state index in [0.717, 1.165) is 31.0 Å². The van der Waals surface area contributed by atoms with Gasteiger partial charge in [-0.2, -0.15) is 0 Å². The minimum Gasteiger partial charge on any atom is -0.349 e. The number of amides is 1. The number of hydrogen-bond acceptors (Lipinski definition) is 1. The maximum atomic E-state index is 12.7. The lowest BCUT2D eigenvalue weighted by Gasteiger charge is -2.03. The van der Waals surface area contributed by atoms with E-state index in [2.05, 4.69) is 5.32 Å². The fraction of sp³-hybridized carbons (Fsp3) is 0.300. The molecular weight excluding hydrogens is 188 g/mol. The van der Waals surface area contributed by atoms with Gasteiger partial charge in [-0.25, -0.2) is 8.78 Å². The van der Waals surface area contributed by atoms with Gasteiger partial charge in [0, 0.05) is 17.7 Å². The number of benzene rings is 1. The summed E-state index contributed by atoms with van der Waals surface area (Å²) in [4.78, 5) is 11.4. The zero-order valence-corrected chi connectivity index (χ0v) is 7.39. The number of carbonyl (C=O) groups is 1. The molecule has 1 aliphatic carbocycles. The van der Waals surface area contributed by atoms with E-state index in [1.54, 1.807) is 0 Å². The molecule has 1 N–H and O–H groups in total. The van der Waals surface area contributed by atoms with Crippen molar-refractivity contribution >= 4 is 5.91 Å². The smallest absolute Gasteiger partial charge is 0.251 e. The molecule has 0 bridgehead atoms. The molecule has 2 rings (SSSR count). The number of rotatable bonds is 2. The molecule has 2 nitrogen and oxygen atoms in total. The second kappa shape index (κ2) is 3.36. The monoisotopic (exact) mass is 197 g/mol. The normalized spacial score (nSPS) is 15.3. The molecule has 0 spiro atoms. The zero-order chi connectivity index (χ0) is 10.1. The maximum Gasteiger partial charge on any atom is 0.251 e. The van der Waals surface area contributed by atoms with Crippen LogP contribution in [-0.2, 0) is 0 Å². The van der Waals surface area contributed by atoms with Gasteiger partial charge in [-0.1, -0.05) is 0 Å². The highest BCUT2D eigenvalue weighted by Crippen LogP contribution is 2.19. The maximum absolute atomic E-state index is 12.7. The Labute approximate surface area is 79.9 Å². The minimum atomic E-state index is -0.731. The Morgan fingerprint density at radius 1 is 1.21 bits per heavy atom. The zero-order valence-electron chi connectivity index (χ0n) is 7.39. The molecule has 1 aliphatic rings. The van der Waals surface area contributed by atoms with Gasteiger partial charge in [0.25, 0.3) is 5.91 Å². The van der Waals surface area contributed by atoms with E-state index >= 15 is 0 Å². The van der Waals surface area contributed by atoms with Crippen molar-refractivity contribution in [3.8, 4) is 0 Å². The van der Waals surface area contributed by atoms with Crippen LogP contribution in [0.15, 0.2) is 18.2 Å². The van der Waals surface area contributed by atoms with Crippen molar-refractivity contribution in [1.82, 2.24) is 5.32 Å². The molecule has 4 heteroatoms. The van der Waals surface area contributed by atoms with Crippen LogP contribution in [0.4, 0.5) is 8.78 Å². The van der Waals surface area contributed by atoms with Crippen LogP contribution < -0.4 is 5.32 Å². The van der Waals surface area contributed by atoms with E-state index in [0.29, 0.717) is 0 Å². The van der Waals surface area contributed by atoms with Crippen LogP contribution in [0.5, 0.6) is 0 Å². The summed E-state index contributed by atoms with van der Waals surface area (Å²) in [6.07, 6.45) is 1.90. The van der Waals surface area contributed by atoms with Crippen LogP contribution in [0.1, 0.15) is 23.2 Å². The van der Waals surface area contributed by atoms with Crippen molar-refractivity contribution in [3.05, 3.63) is 35.4 Å². The predicted octanol–water partition coefficient (Wildman–Crippen LogP) is 1.86. The van der Waals surface area contributed by atoms with E-state index < -0.39 is 17.5 Å². The van der Waals surface area contributed by atoms with Crippen molar-refractivity contribution < 1.29 is 13.6 Å². The van der Waals surface area contributed by atoms with Crippen LogP contribution in [-0.4, -0.2) is 11.9 Å². The van der Waals surface area contributed by atoms with Crippen molar-refractivity contribution in [3.63, 3.8) is 0 Å². The molecule has 1 aromatic carbocycles. The third kappa shape index (κ3) is 2.07. The summed E-state index contributed by atoms with van der Waals surface area (Å²) in [6.45, 7) is 0. The highest BCUT2D eigenvalue weighted by Gasteiger charge is 2.24. The standard InChI is InChI=1S/C10H9F2NO/c11-7-3-6(4-8(12)5-7)10(14)13-9-1-2-9/h3-5,9H,1-2H2,(H,13,14). The third-order valence-corrected chi connectivity index (χ3v) is 2.04. The fourth-order valence-electron chi connectivity index (χ4n) is 1.18. The molecule has 0 heterocycles. The summed E-state index contributed by atoms with van der Waals surface area (Å²) >= 11 is 0. The number of hydrogen-bond donors (Lipinski definition) is 1. The first-order valence-corrected chi connectivity index (χ1v) is 4.42. The lowest BCUT2D eigenvalue weighted by atomic mass is 10.2. The molecule has 0 aliphatic heterocycles. The first-order chi connectivity index (χ1) is 6.65. The van der Waals surface area contributed by atoms with Crippen molar-refractivity contribution in [2.24, 2.45) is 0 Å². The third-order valence-electron chi connectivity index (χ3n) is 2.04. The quantitative estimate of drug-likeness (QED) is 0.770. The summed E-state index contributed by atoms with van der Waals surface area (Å²) in [6, 6.07) is 2.99. The molecule has 0 unspecified atom stereocenters. The van der Waals surface area contributed by atoms with Gasteiger partial charge < -0.3 is 5.32 Å². The van der Waals surface area contributed by atoms with Gasteiger partial charge in [0.1, 0.15) is 11.6 Å². The minimum absolute atomic E-state index is 0.0365. The average molecular weight is 197 g/mol. The molecule has 1 amide bonds. The van der Waals surface area contributed by atoms with Crippen LogP contribution in [0.3, 0.4) is 0 Å². The van der Waals surface area contributed by atoms with E-state index in [9.17, 15) is 13.6 Å². The van der Waals surface area contributed by atoms with Crippen molar-refractivity contribution in [2.75, 3.05) is 0 Å². The van der Waals surface area contributed by atoms with Gasteiger partial charge in [-0.3, -0.25) is 4.79 Å². The second-order valence-electron chi connectivity index (χ2n) is 3.41. The van der Waals surface area contributed by atoms with Gasteiger partial charge in [0.15, 0.2) is 0 Å². The van der Waals surface area contributed by atoms with Gasteiger partial charge >= 0.3 is 0 Å². The second-order valence-corrected chi connectivity index (χ2v) is 3.41. The lowest BCUT2D eigenvalue weighted by Crippen LogP contribution is -2.25. The summed E-state index contributed by atoms with van der Waals surface area (Å²) < 4.78 is 25.4. The highest BCUT2D eigenvalue weighted by molar-refractivity contribution is 5.94. The molecule has 1 fully saturated rings. The van der Waals surface area contributed by atoms with E-state index in [-0.39, 0.29) is 11.6 Å². The number of carbonyl (C=O) groups excluding carboxylic acids is 1. The Morgan fingerprint density at radius 2 is 1.79 bits per heavy atom. The molecule has 14 heavy (non-hydrogen) atoms. The summed E-state index contributed by atoms with van der Waals surface area (Å²) in [5.41, 5.74) is 0.0365. The van der Waals surface area contributed by atoms with Gasteiger partial charge in [0.05, 0.1) is 0 Å². The highest BCUT2D eigenvalue weighted by atomic mass is 19.1. The van der Waals surface area contributed by atoms with E-state index in [4.69, 9.17) is 0 Å². The SMILES string of the molecule is O=C(NC1CC1)c1cc(F)cc(F)c1. The first-order valence-electron chi connectivity index (χ1n) is 4.42. The molecule has 1 saturated carbocycles. The summed E-state index contributed by atoms with van der Waals surface area (Å²) in [5.74, 6) is -1.87. The number of nitrogens with one attached hydrogen (secondary N) is 1. The van der Waals surface area contributed by atoms with Crippen molar-refractivity contribution in [1.29, 1.82) is 0 Å². The van der Waals surface area contributed by atoms with E-state index in [1.807, 2.05) is 0 Å². The van der Waals surface area contributed by atoms with Crippen LogP contribution >= 0.6 is 0 Å². The van der Waals surface area contributed by atoms with Gasteiger partial charge in [0.2, 0.25) is 0 Å². The number of halogens is 2. The average Bonchev–Trinajstić information content (AvgIpc) is 2.86. The molecule has 1 aromatic rings. The Morgan fingerprint density at radius 3 is 2.29 bits per heavy atom. The van der Waals surface area contributed by atoms with Crippen LogP contribution in [0.2, 0.25) is 0 Å². The lowest BCUT2D eigenvalue weighted by molar-refractivity contribution is 0.0950. The first kappa shape index (κ1) is 9.12. The predicted molar refractivity (Wildman–Crippen MR) is 46.8 cm³/mol. The Kier molecular flexibility index (Phi) is 2.19. The Balaban J connectivity index is 2.17. The summed E-state index contributed by atoms with van der Waals surface area (Å²) in [5, 5.41) is 2.65. The van der Waals surface area contributed by atoms with E-state index in [1.165, 1.54) is 0 Å². The van der Waals surface area contributed by atoms with Crippen LogP contribution in [0.25, 0.3) is 0 Å². The molecular formula is C10H9F2NO. The van der Waals surface area contributed by atoms with Gasteiger partial charge in [-0.15, -0.1) is 0 Å². The molecule has 0 saturated heterocycles. The van der Waals surface area contributed by atoms with Crippen LogP contribution in [0, 0.1) is 11.6 Å². The molecule has 0 atom stereocenters. The Hall–Kier alpha value is -1.45. The Bertz CT molecular complexity index is 354. The molecule has 74 valence electrons.